The van der Waals surface area contributed by atoms with Crippen molar-refractivity contribution in [1.29, 1.82) is 0 Å². The molecule has 1 atom stereocenters. The van der Waals surface area contributed by atoms with Crippen molar-refractivity contribution in [2.24, 2.45) is 0 Å². The summed E-state index contributed by atoms with van der Waals surface area (Å²) in [4.78, 5) is 41.4. The zero-order chi connectivity index (χ0) is 19.3. The monoisotopic (exact) mass is 414 g/mol. The lowest BCUT2D eigenvalue weighted by atomic mass is 10.2. The van der Waals surface area contributed by atoms with Crippen LogP contribution in [0.5, 0.6) is 0 Å². The fourth-order valence-corrected chi connectivity index (χ4v) is 3.22. The number of aromatic nitrogens is 1. The van der Waals surface area contributed by atoms with Crippen LogP contribution in [0.2, 0.25) is 10.0 Å². The Labute approximate surface area is 164 Å². The van der Waals surface area contributed by atoms with Gasteiger partial charge in [-0.25, -0.2) is 4.98 Å². The zero-order valence-electron chi connectivity index (χ0n) is 14.0. The van der Waals surface area contributed by atoms with Crippen LogP contribution in [0.1, 0.15) is 34.3 Å². The maximum Gasteiger partial charge on any atom is 0.307 e. The smallest absolute Gasteiger partial charge is 0.307 e. The molecule has 0 aliphatic carbocycles. The van der Waals surface area contributed by atoms with E-state index >= 15 is 0 Å². The second-order valence-corrected chi connectivity index (χ2v) is 7.57. The summed E-state index contributed by atoms with van der Waals surface area (Å²) in [6.45, 7) is 3.32. The molecule has 0 unspecified atom stereocenters. The van der Waals surface area contributed by atoms with Crippen molar-refractivity contribution >= 4 is 58.0 Å². The second kappa shape index (κ2) is 9.12. The lowest BCUT2D eigenvalue weighted by Gasteiger charge is -2.13. The molecule has 6 nitrogen and oxygen atoms in total. The lowest BCUT2D eigenvalue weighted by molar-refractivity contribution is -0.153. The highest BCUT2D eigenvalue weighted by molar-refractivity contribution is 7.14. The van der Waals surface area contributed by atoms with E-state index in [0.29, 0.717) is 9.90 Å². The normalized spacial score (nSPS) is 11.7. The third-order valence-electron chi connectivity index (χ3n) is 3.30. The summed E-state index contributed by atoms with van der Waals surface area (Å²) < 4.78 is 5.04. The van der Waals surface area contributed by atoms with Gasteiger partial charge in [0.1, 0.15) is 0 Å². The van der Waals surface area contributed by atoms with Gasteiger partial charge in [-0.3, -0.25) is 14.4 Å². The fourth-order valence-electron chi connectivity index (χ4n) is 1.96. The number of nitrogens with one attached hydrogen (secondary N) is 1. The topological polar surface area (TPSA) is 85.4 Å². The Bertz CT molecular complexity index is 838. The molecule has 26 heavy (non-hydrogen) atoms. The average molecular weight is 415 g/mol. The Kier molecular flexibility index (Phi) is 7.14. The van der Waals surface area contributed by atoms with Gasteiger partial charge in [0.2, 0.25) is 0 Å². The van der Waals surface area contributed by atoms with Crippen LogP contribution in [-0.2, 0) is 14.3 Å². The van der Waals surface area contributed by atoms with Gasteiger partial charge in [0.15, 0.2) is 17.7 Å². The summed E-state index contributed by atoms with van der Waals surface area (Å²) in [7, 11) is 0. The van der Waals surface area contributed by atoms with Crippen molar-refractivity contribution < 1.29 is 19.1 Å². The molecule has 2 rings (SSSR count). The van der Waals surface area contributed by atoms with E-state index in [4.69, 9.17) is 27.9 Å². The van der Waals surface area contributed by atoms with Gasteiger partial charge >= 0.3 is 5.97 Å². The summed E-state index contributed by atoms with van der Waals surface area (Å²) in [5, 5.41) is 2.95. The van der Waals surface area contributed by atoms with Crippen LogP contribution in [0.25, 0.3) is 0 Å². The van der Waals surface area contributed by atoms with E-state index in [1.165, 1.54) is 30.5 Å². The minimum atomic E-state index is -1.06. The van der Waals surface area contributed by atoms with Crippen LogP contribution in [0.4, 0.5) is 5.82 Å². The number of pyridine rings is 1. The number of ketones is 1. The van der Waals surface area contributed by atoms with Gasteiger partial charge in [0, 0.05) is 17.5 Å². The maximum atomic E-state index is 12.1. The Morgan fingerprint density at radius 2 is 2.00 bits per heavy atom. The fraction of sp³-hybridized carbons (Fsp3) is 0.294. The van der Waals surface area contributed by atoms with E-state index < -0.39 is 18.0 Å². The van der Waals surface area contributed by atoms with Crippen molar-refractivity contribution in [3.63, 3.8) is 0 Å². The van der Waals surface area contributed by atoms with Crippen LogP contribution in [0, 0.1) is 6.92 Å². The number of ether oxygens (including phenoxy) is 1. The Morgan fingerprint density at radius 3 is 2.62 bits per heavy atom. The Hall–Kier alpha value is -1.96. The number of hydrogen-bond donors (Lipinski definition) is 1. The zero-order valence-corrected chi connectivity index (χ0v) is 16.4. The van der Waals surface area contributed by atoms with E-state index in [2.05, 4.69) is 10.3 Å². The molecule has 0 saturated heterocycles. The van der Waals surface area contributed by atoms with Gasteiger partial charge in [0.05, 0.1) is 21.3 Å². The standard InChI is InChI=1S/C17H16Cl2N2O4S/c1-9-3-5-14(26-9)13(22)4-6-15(23)25-10(2)17(24)21-16-12(19)7-11(18)8-20-16/h3,5,7-8,10H,4,6H2,1-2H3,(H,20,21,24)/t10-/m0/s1. The first-order valence-corrected chi connectivity index (χ1v) is 9.24. The summed E-state index contributed by atoms with van der Waals surface area (Å²) in [5.74, 6) is -1.23. The van der Waals surface area contributed by atoms with E-state index in [-0.39, 0.29) is 29.5 Å². The van der Waals surface area contributed by atoms with Crippen molar-refractivity contribution in [3.05, 3.63) is 44.2 Å². The third kappa shape index (κ3) is 5.79. The van der Waals surface area contributed by atoms with Gasteiger partial charge in [-0.05, 0) is 32.0 Å². The first-order chi connectivity index (χ1) is 12.3. The number of Topliss-reactive ketones (excluding diaryl/α,β-unsaturated/α-hetero) is 1. The first kappa shape index (κ1) is 20.4. The van der Waals surface area contributed by atoms with E-state index in [0.717, 1.165) is 4.88 Å². The van der Waals surface area contributed by atoms with Gasteiger partial charge in [0.25, 0.3) is 5.91 Å². The number of halogens is 2. The molecule has 2 heterocycles. The summed E-state index contributed by atoms with van der Waals surface area (Å²) in [6.07, 6.45) is 0.193. The van der Waals surface area contributed by atoms with E-state index in [9.17, 15) is 14.4 Å². The number of carbonyl (C=O) groups excluding carboxylic acids is 3. The molecule has 0 saturated carbocycles. The highest BCUT2D eigenvalue weighted by Gasteiger charge is 2.20. The Balaban J connectivity index is 1.82. The number of esters is 1. The molecule has 1 N–H and O–H groups in total. The Morgan fingerprint density at radius 1 is 1.27 bits per heavy atom. The first-order valence-electron chi connectivity index (χ1n) is 7.67. The molecule has 9 heteroatoms. The van der Waals surface area contributed by atoms with Crippen LogP contribution in [0.15, 0.2) is 24.4 Å². The van der Waals surface area contributed by atoms with Crippen LogP contribution >= 0.6 is 34.5 Å². The number of hydrogen-bond acceptors (Lipinski definition) is 6. The number of aryl methyl sites for hydroxylation is 1. The van der Waals surface area contributed by atoms with Crippen molar-refractivity contribution in [3.8, 4) is 0 Å². The highest BCUT2D eigenvalue weighted by atomic mass is 35.5. The van der Waals surface area contributed by atoms with Crippen molar-refractivity contribution in [2.45, 2.75) is 32.8 Å². The predicted molar refractivity (Wildman–Crippen MR) is 101 cm³/mol. The maximum absolute atomic E-state index is 12.1. The molecule has 0 spiro atoms. The molecular formula is C17H16Cl2N2O4S. The van der Waals surface area contributed by atoms with Gasteiger partial charge < -0.3 is 10.1 Å². The van der Waals surface area contributed by atoms with Crippen LogP contribution in [0.3, 0.4) is 0 Å². The van der Waals surface area contributed by atoms with Crippen LogP contribution < -0.4 is 5.32 Å². The van der Waals surface area contributed by atoms with Gasteiger partial charge in [-0.2, -0.15) is 0 Å². The molecule has 0 aliphatic rings. The molecule has 0 fully saturated rings. The minimum absolute atomic E-state index is 0.0255. The lowest BCUT2D eigenvalue weighted by Crippen LogP contribution is -2.30. The number of thiophene rings is 1. The van der Waals surface area contributed by atoms with E-state index in [1.54, 1.807) is 6.07 Å². The van der Waals surface area contributed by atoms with Crippen molar-refractivity contribution in [2.75, 3.05) is 5.32 Å². The highest BCUT2D eigenvalue weighted by Crippen LogP contribution is 2.23. The molecule has 2 aromatic rings. The van der Waals surface area contributed by atoms with Gasteiger partial charge in [-0.1, -0.05) is 23.2 Å². The molecular weight excluding hydrogens is 399 g/mol. The summed E-state index contributed by atoms with van der Waals surface area (Å²) >= 11 is 13.0. The predicted octanol–water partition coefficient (Wildman–Crippen LogP) is 4.29. The molecule has 0 bridgehead atoms. The largest absolute Gasteiger partial charge is 0.453 e. The molecule has 0 aromatic carbocycles. The second-order valence-electron chi connectivity index (χ2n) is 5.44. The molecule has 138 valence electrons. The third-order valence-corrected chi connectivity index (χ3v) is 4.83. The SMILES string of the molecule is Cc1ccc(C(=O)CCC(=O)O[C@@H](C)C(=O)Nc2ncc(Cl)cc2Cl)s1. The summed E-state index contributed by atoms with van der Waals surface area (Å²) in [5.41, 5.74) is 0. The number of nitrogens with zero attached hydrogens (tertiary/aromatic N) is 1. The van der Waals surface area contributed by atoms with Crippen LogP contribution in [-0.4, -0.2) is 28.7 Å². The van der Waals surface area contributed by atoms with E-state index in [1.807, 2.05) is 13.0 Å². The number of carbonyl (C=O) groups is 3. The number of rotatable bonds is 7. The minimum Gasteiger partial charge on any atom is -0.453 e. The van der Waals surface area contributed by atoms with Gasteiger partial charge in [-0.15, -0.1) is 11.3 Å². The average Bonchev–Trinajstić information content (AvgIpc) is 3.01. The molecule has 0 aliphatic heterocycles. The summed E-state index contributed by atoms with van der Waals surface area (Å²) in [6, 6.07) is 5.01. The number of anilines is 1. The molecule has 2 aromatic heterocycles. The quantitative estimate of drug-likeness (QED) is 0.539. The van der Waals surface area contributed by atoms with Crippen molar-refractivity contribution in [1.82, 2.24) is 4.98 Å². The molecule has 0 radical (unpaired) electrons. The number of amides is 1. The molecule has 1 amide bonds.